The van der Waals surface area contributed by atoms with Crippen LogP contribution in [0.3, 0.4) is 0 Å². The largest absolute Gasteiger partial charge is 0.356 e. The van der Waals surface area contributed by atoms with Crippen LogP contribution in [0.2, 0.25) is 0 Å². The predicted molar refractivity (Wildman–Crippen MR) is 96.9 cm³/mol. The van der Waals surface area contributed by atoms with E-state index in [1.54, 1.807) is 23.7 Å². The number of hydrogen-bond donors (Lipinski definition) is 2. The lowest BCUT2D eigenvalue weighted by molar-refractivity contribution is -0.121. The quantitative estimate of drug-likeness (QED) is 0.723. The average molecular weight is 344 g/mol. The third-order valence-electron chi connectivity index (χ3n) is 4.36. The fourth-order valence-corrected chi connectivity index (χ4v) is 3.78. The molecule has 1 aliphatic rings. The molecule has 1 saturated heterocycles. The van der Waals surface area contributed by atoms with Gasteiger partial charge in [0.25, 0.3) is 0 Å². The molecule has 1 atom stereocenters. The number of amides is 1. The van der Waals surface area contributed by atoms with Crippen molar-refractivity contribution in [3.05, 3.63) is 34.9 Å². The Morgan fingerprint density at radius 3 is 3.04 bits per heavy atom. The summed E-state index contributed by atoms with van der Waals surface area (Å²) in [5, 5.41) is 9.56. The van der Waals surface area contributed by atoms with Gasteiger partial charge >= 0.3 is 0 Å². The van der Waals surface area contributed by atoms with Crippen LogP contribution in [-0.2, 0) is 11.2 Å². The number of hydrogen-bond acceptors (Lipinski definition) is 5. The number of thiazole rings is 1. The van der Waals surface area contributed by atoms with Gasteiger partial charge in [0, 0.05) is 42.7 Å². The van der Waals surface area contributed by atoms with Crippen molar-refractivity contribution in [1.29, 1.82) is 0 Å². The van der Waals surface area contributed by atoms with Crippen molar-refractivity contribution in [2.24, 2.45) is 5.92 Å². The summed E-state index contributed by atoms with van der Waals surface area (Å²) in [5.74, 6) is 0.858. The fourth-order valence-electron chi connectivity index (χ4n) is 2.93. The van der Waals surface area contributed by atoms with Gasteiger partial charge in [0.1, 0.15) is 0 Å². The van der Waals surface area contributed by atoms with Crippen LogP contribution in [-0.4, -0.2) is 35.5 Å². The summed E-state index contributed by atoms with van der Waals surface area (Å²) in [4.78, 5) is 20.5. The normalized spacial score (nSPS) is 17.1. The molecule has 128 valence electrons. The molecule has 6 heteroatoms. The SMILES string of the molecule is O=C(CCC1CCNC1)NCCCc1nc(-c2ccncc2)cs1. The van der Waals surface area contributed by atoms with E-state index >= 15 is 0 Å². The predicted octanol–water partition coefficient (Wildman–Crippen LogP) is 2.64. The lowest BCUT2D eigenvalue weighted by atomic mass is 10.0. The maximum absolute atomic E-state index is 11.8. The second kappa shape index (κ2) is 8.89. The molecule has 1 aliphatic heterocycles. The first-order valence-corrected chi connectivity index (χ1v) is 9.51. The van der Waals surface area contributed by atoms with Crippen molar-refractivity contribution in [2.45, 2.75) is 32.1 Å². The molecular formula is C18H24N4OS. The van der Waals surface area contributed by atoms with Crippen LogP contribution in [0, 0.1) is 5.92 Å². The van der Waals surface area contributed by atoms with Crippen LogP contribution in [0.4, 0.5) is 0 Å². The Labute approximate surface area is 146 Å². The highest BCUT2D eigenvalue weighted by atomic mass is 32.1. The van der Waals surface area contributed by atoms with Crippen LogP contribution in [0.15, 0.2) is 29.9 Å². The van der Waals surface area contributed by atoms with E-state index in [9.17, 15) is 4.79 Å². The molecule has 0 aromatic carbocycles. The van der Waals surface area contributed by atoms with Crippen molar-refractivity contribution in [3.63, 3.8) is 0 Å². The molecule has 0 spiro atoms. The summed E-state index contributed by atoms with van der Waals surface area (Å²) in [5.41, 5.74) is 2.11. The third kappa shape index (κ3) is 5.11. The van der Waals surface area contributed by atoms with E-state index in [1.807, 2.05) is 12.1 Å². The van der Waals surface area contributed by atoms with E-state index in [-0.39, 0.29) is 5.91 Å². The fraction of sp³-hybridized carbons (Fsp3) is 0.500. The van der Waals surface area contributed by atoms with Gasteiger partial charge in [-0.25, -0.2) is 4.98 Å². The van der Waals surface area contributed by atoms with Crippen molar-refractivity contribution in [1.82, 2.24) is 20.6 Å². The molecule has 2 aromatic heterocycles. The molecule has 0 saturated carbocycles. The molecule has 2 aromatic rings. The Hall–Kier alpha value is -1.79. The summed E-state index contributed by atoms with van der Waals surface area (Å²) >= 11 is 1.68. The summed E-state index contributed by atoms with van der Waals surface area (Å²) < 4.78 is 0. The maximum Gasteiger partial charge on any atom is 0.220 e. The molecule has 5 nitrogen and oxygen atoms in total. The average Bonchev–Trinajstić information content (AvgIpc) is 3.29. The van der Waals surface area contributed by atoms with Crippen LogP contribution < -0.4 is 10.6 Å². The second-order valence-corrected chi connectivity index (χ2v) is 7.16. The van der Waals surface area contributed by atoms with Gasteiger partial charge in [-0.05, 0) is 50.4 Å². The highest BCUT2D eigenvalue weighted by Crippen LogP contribution is 2.21. The molecule has 24 heavy (non-hydrogen) atoms. The third-order valence-corrected chi connectivity index (χ3v) is 5.27. The lowest BCUT2D eigenvalue weighted by Crippen LogP contribution is -2.25. The Kier molecular flexibility index (Phi) is 6.32. The van der Waals surface area contributed by atoms with Gasteiger partial charge in [0.15, 0.2) is 0 Å². The van der Waals surface area contributed by atoms with E-state index in [1.165, 1.54) is 6.42 Å². The van der Waals surface area contributed by atoms with Gasteiger partial charge in [-0.2, -0.15) is 0 Å². The number of aromatic nitrogens is 2. The van der Waals surface area contributed by atoms with E-state index < -0.39 is 0 Å². The zero-order valence-electron chi connectivity index (χ0n) is 13.8. The zero-order chi connectivity index (χ0) is 16.6. The van der Waals surface area contributed by atoms with Crippen molar-refractivity contribution in [2.75, 3.05) is 19.6 Å². The van der Waals surface area contributed by atoms with Gasteiger partial charge in [-0.1, -0.05) is 0 Å². The molecule has 0 aliphatic carbocycles. The molecule has 1 unspecified atom stereocenters. The van der Waals surface area contributed by atoms with E-state index in [4.69, 9.17) is 0 Å². The van der Waals surface area contributed by atoms with Gasteiger partial charge in [0.2, 0.25) is 5.91 Å². The van der Waals surface area contributed by atoms with Crippen molar-refractivity contribution in [3.8, 4) is 11.3 Å². The highest BCUT2D eigenvalue weighted by Gasteiger charge is 2.15. The first-order chi connectivity index (χ1) is 11.8. The summed E-state index contributed by atoms with van der Waals surface area (Å²) in [6.45, 7) is 2.89. The van der Waals surface area contributed by atoms with E-state index in [2.05, 4.69) is 26.0 Å². The highest BCUT2D eigenvalue weighted by molar-refractivity contribution is 7.09. The number of aryl methyl sites for hydroxylation is 1. The van der Waals surface area contributed by atoms with Crippen LogP contribution in [0.25, 0.3) is 11.3 Å². The minimum Gasteiger partial charge on any atom is -0.356 e. The van der Waals surface area contributed by atoms with Gasteiger partial charge in [-0.3, -0.25) is 9.78 Å². The van der Waals surface area contributed by atoms with Crippen LogP contribution in [0.1, 0.15) is 30.7 Å². The topological polar surface area (TPSA) is 66.9 Å². The van der Waals surface area contributed by atoms with Gasteiger partial charge in [-0.15, -0.1) is 11.3 Å². The van der Waals surface area contributed by atoms with Gasteiger partial charge < -0.3 is 10.6 Å². The summed E-state index contributed by atoms with van der Waals surface area (Å²) in [6, 6.07) is 3.94. The van der Waals surface area contributed by atoms with Crippen LogP contribution >= 0.6 is 11.3 Å². The first-order valence-electron chi connectivity index (χ1n) is 8.63. The molecule has 3 heterocycles. The minimum absolute atomic E-state index is 0.179. The second-order valence-electron chi connectivity index (χ2n) is 6.21. The molecule has 3 rings (SSSR count). The Morgan fingerprint density at radius 2 is 2.25 bits per heavy atom. The van der Waals surface area contributed by atoms with E-state index in [0.717, 1.165) is 55.2 Å². The maximum atomic E-state index is 11.8. The Morgan fingerprint density at radius 1 is 1.38 bits per heavy atom. The lowest BCUT2D eigenvalue weighted by Gasteiger charge is -2.08. The molecule has 0 radical (unpaired) electrons. The van der Waals surface area contributed by atoms with Crippen molar-refractivity contribution < 1.29 is 4.79 Å². The number of nitrogens with one attached hydrogen (secondary N) is 2. The number of rotatable bonds is 8. The minimum atomic E-state index is 0.179. The van der Waals surface area contributed by atoms with Crippen LogP contribution in [0.5, 0.6) is 0 Å². The molecular weight excluding hydrogens is 320 g/mol. The summed E-state index contributed by atoms with van der Waals surface area (Å²) in [6.07, 6.45) is 8.26. The summed E-state index contributed by atoms with van der Waals surface area (Å²) in [7, 11) is 0. The Bertz CT molecular complexity index is 637. The van der Waals surface area contributed by atoms with Gasteiger partial charge in [0.05, 0.1) is 10.7 Å². The molecule has 2 N–H and O–H groups in total. The monoisotopic (exact) mass is 344 g/mol. The number of pyridine rings is 1. The molecule has 1 amide bonds. The molecule has 1 fully saturated rings. The first kappa shape index (κ1) is 17.0. The number of nitrogens with zero attached hydrogens (tertiary/aromatic N) is 2. The smallest absolute Gasteiger partial charge is 0.220 e. The number of carbonyl (C=O) groups is 1. The van der Waals surface area contributed by atoms with E-state index in [0.29, 0.717) is 12.3 Å². The molecule has 0 bridgehead atoms. The zero-order valence-corrected chi connectivity index (χ0v) is 14.6. The number of carbonyl (C=O) groups excluding carboxylic acids is 1. The standard InChI is InChI=1S/C18H24N4OS/c23-17(4-3-14-5-9-20-12-14)21-8-1-2-18-22-16(13-24-18)15-6-10-19-11-7-15/h6-7,10-11,13-14,20H,1-5,8-9,12H2,(H,21,23). The van der Waals surface area contributed by atoms with Crippen molar-refractivity contribution >= 4 is 17.2 Å². The Balaban J connectivity index is 1.33.